The summed E-state index contributed by atoms with van der Waals surface area (Å²) in [6.45, 7) is 11.7. The van der Waals surface area contributed by atoms with Crippen molar-refractivity contribution in [3.8, 4) is 0 Å². The summed E-state index contributed by atoms with van der Waals surface area (Å²) in [4.78, 5) is 45.7. The predicted octanol–water partition coefficient (Wildman–Crippen LogP) is 2.61. The number of carbonyl (C=O) groups is 3. The first kappa shape index (κ1) is 26.3. The van der Waals surface area contributed by atoms with E-state index in [-0.39, 0.29) is 26.2 Å². The smallest absolute Gasteiger partial charge is 0.429 e. The molecule has 3 amide bonds. The predicted molar refractivity (Wildman–Crippen MR) is 127 cm³/mol. The highest BCUT2D eigenvalue weighted by atomic mass is 16.6. The first-order valence-electron chi connectivity index (χ1n) is 11.6. The largest absolute Gasteiger partial charge is 0.442 e. The third kappa shape index (κ3) is 6.87. The molecule has 0 bridgehead atoms. The van der Waals surface area contributed by atoms with Crippen molar-refractivity contribution < 1.29 is 33.7 Å². The van der Waals surface area contributed by atoms with Gasteiger partial charge in [0.15, 0.2) is 0 Å². The average molecular weight is 494 g/mol. The highest BCUT2D eigenvalue weighted by Gasteiger charge is 2.36. The van der Waals surface area contributed by atoms with Crippen LogP contribution in [0.25, 0.3) is 0 Å². The van der Waals surface area contributed by atoms with Crippen molar-refractivity contribution in [2.75, 3.05) is 49.1 Å². The molecule has 3 rings (SSSR count). The number of cyclic esters (lactones) is 1. The van der Waals surface area contributed by atoms with Crippen molar-refractivity contribution in [3.63, 3.8) is 0 Å². The highest BCUT2D eigenvalue weighted by Crippen LogP contribution is 2.24. The van der Waals surface area contributed by atoms with Gasteiger partial charge in [0.1, 0.15) is 23.1 Å². The standard InChI is InChI=1S/C23H35N5O7/c1-22(2,3)34-20(31)27-11-9-25(10-12-28(27)21(32)35-23(4,5)6)18-8-7-16(13-24-18)26-14-17(15-29)33-19(26)30/h7-8,13,17,29H,9-12,14-15H2,1-6H3/t17-/m1/s1. The number of pyridine rings is 1. The number of aliphatic hydroxyl groups is 1. The highest BCUT2D eigenvalue weighted by molar-refractivity contribution is 5.89. The molecule has 1 aromatic heterocycles. The number of aromatic nitrogens is 1. The molecule has 194 valence electrons. The lowest BCUT2D eigenvalue weighted by Gasteiger charge is -2.35. The molecule has 0 aliphatic carbocycles. The SMILES string of the molecule is CC(C)(C)OC(=O)N1CCN(c2ccc(N3C[C@H](CO)OC3=O)cn2)CCN1C(=O)OC(C)(C)C. The first-order valence-corrected chi connectivity index (χ1v) is 11.6. The Morgan fingerprint density at radius 3 is 1.94 bits per heavy atom. The maximum absolute atomic E-state index is 12.9. The molecule has 2 aliphatic heterocycles. The van der Waals surface area contributed by atoms with Gasteiger partial charge in [-0.25, -0.2) is 29.4 Å². The van der Waals surface area contributed by atoms with Gasteiger partial charge in [0, 0.05) is 13.1 Å². The van der Waals surface area contributed by atoms with E-state index < -0.39 is 35.6 Å². The summed E-state index contributed by atoms with van der Waals surface area (Å²) >= 11 is 0. The molecule has 1 N–H and O–H groups in total. The minimum Gasteiger partial charge on any atom is -0.442 e. The number of hydrogen-bond donors (Lipinski definition) is 1. The van der Waals surface area contributed by atoms with Crippen molar-refractivity contribution in [1.29, 1.82) is 0 Å². The van der Waals surface area contributed by atoms with Crippen LogP contribution in [0.5, 0.6) is 0 Å². The Morgan fingerprint density at radius 1 is 1.00 bits per heavy atom. The van der Waals surface area contributed by atoms with Gasteiger partial charge in [0.2, 0.25) is 0 Å². The van der Waals surface area contributed by atoms with Gasteiger partial charge >= 0.3 is 18.3 Å². The normalized spacial score (nSPS) is 19.4. The summed E-state index contributed by atoms with van der Waals surface area (Å²) in [5, 5.41) is 11.8. The van der Waals surface area contributed by atoms with E-state index in [1.165, 1.54) is 14.9 Å². The molecule has 0 spiro atoms. The summed E-state index contributed by atoms with van der Waals surface area (Å²) < 4.78 is 16.1. The maximum atomic E-state index is 12.9. The Hall–Kier alpha value is -3.28. The number of amides is 3. The van der Waals surface area contributed by atoms with Gasteiger partial charge < -0.3 is 24.2 Å². The third-order valence-corrected chi connectivity index (χ3v) is 5.11. The van der Waals surface area contributed by atoms with E-state index in [1.54, 1.807) is 59.9 Å². The Balaban J connectivity index is 1.76. The summed E-state index contributed by atoms with van der Waals surface area (Å²) in [6.07, 6.45) is -0.822. The number of anilines is 2. The summed E-state index contributed by atoms with van der Waals surface area (Å²) in [5.41, 5.74) is -0.909. The zero-order valence-electron chi connectivity index (χ0n) is 21.2. The number of nitrogens with zero attached hydrogens (tertiary/aromatic N) is 5. The van der Waals surface area contributed by atoms with Gasteiger partial charge in [-0.3, -0.25) is 4.90 Å². The fourth-order valence-electron chi connectivity index (χ4n) is 3.57. The van der Waals surface area contributed by atoms with Crippen LogP contribution in [-0.4, -0.2) is 95.0 Å². The van der Waals surface area contributed by atoms with Gasteiger partial charge in [-0.1, -0.05) is 0 Å². The van der Waals surface area contributed by atoms with E-state index >= 15 is 0 Å². The van der Waals surface area contributed by atoms with Crippen molar-refractivity contribution in [3.05, 3.63) is 18.3 Å². The molecular weight excluding hydrogens is 458 g/mol. The van der Waals surface area contributed by atoms with Gasteiger partial charge in [-0.2, -0.15) is 0 Å². The van der Waals surface area contributed by atoms with E-state index in [0.717, 1.165) is 0 Å². The Kier molecular flexibility index (Phi) is 7.63. The lowest BCUT2D eigenvalue weighted by atomic mass is 10.2. The van der Waals surface area contributed by atoms with Crippen LogP contribution in [0, 0.1) is 0 Å². The fourth-order valence-corrected chi connectivity index (χ4v) is 3.57. The van der Waals surface area contributed by atoms with Crippen molar-refractivity contribution >= 4 is 29.8 Å². The third-order valence-electron chi connectivity index (χ3n) is 5.11. The van der Waals surface area contributed by atoms with E-state index in [4.69, 9.17) is 14.2 Å². The van der Waals surface area contributed by atoms with Crippen LogP contribution >= 0.6 is 0 Å². The zero-order chi connectivity index (χ0) is 26.0. The second kappa shape index (κ2) is 10.1. The van der Waals surface area contributed by atoms with Crippen LogP contribution in [-0.2, 0) is 14.2 Å². The van der Waals surface area contributed by atoms with Crippen LogP contribution in [0.15, 0.2) is 18.3 Å². The lowest BCUT2D eigenvalue weighted by Crippen LogP contribution is -2.53. The molecule has 2 fully saturated rings. The molecule has 2 aliphatic rings. The Morgan fingerprint density at radius 2 is 1.54 bits per heavy atom. The molecule has 1 atom stereocenters. The Labute approximate surface area is 205 Å². The van der Waals surface area contributed by atoms with E-state index in [2.05, 4.69) is 4.98 Å². The van der Waals surface area contributed by atoms with Crippen LogP contribution in [0.3, 0.4) is 0 Å². The molecule has 12 heteroatoms. The van der Waals surface area contributed by atoms with Crippen LogP contribution in [0.2, 0.25) is 0 Å². The molecule has 12 nitrogen and oxygen atoms in total. The second-order valence-corrected chi connectivity index (χ2v) is 10.4. The summed E-state index contributed by atoms with van der Waals surface area (Å²) in [7, 11) is 0. The van der Waals surface area contributed by atoms with Gasteiger partial charge in [-0.05, 0) is 53.7 Å². The number of carbonyl (C=O) groups excluding carboxylic acids is 3. The number of ether oxygens (including phenoxy) is 3. The average Bonchev–Trinajstić information content (AvgIpc) is 2.98. The first-order chi connectivity index (χ1) is 16.3. The van der Waals surface area contributed by atoms with Gasteiger partial charge in [-0.15, -0.1) is 0 Å². The number of hydrazine groups is 1. The molecule has 35 heavy (non-hydrogen) atoms. The van der Waals surface area contributed by atoms with Crippen molar-refractivity contribution in [1.82, 2.24) is 15.0 Å². The molecule has 0 saturated carbocycles. The minimum atomic E-state index is -0.730. The maximum Gasteiger partial charge on any atom is 0.429 e. The van der Waals surface area contributed by atoms with E-state index in [9.17, 15) is 19.5 Å². The summed E-state index contributed by atoms with van der Waals surface area (Å²) in [6, 6.07) is 3.50. The number of rotatable bonds is 3. The van der Waals surface area contributed by atoms with Crippen LogP contribution < -0.4 is 9.80 Å². The topological polar surface area (TPSA) is 125 Å². The zero-order valence-corrected chi connectivity index (χ0v) is 21.2. The summed E-state index contributed by atoms with van der Waals surface area (Å²) in [5.74, 6) is 0.621. The van der Waals surface area contributed by atoms with Crippen LogP contribution in [0.4, 0.5) is 25.9 Å². The van der Waals surface area contributed by atoms with Crippen molar-refractivity contribution in [2.24, 2.45) is 0 Å². The monoisotopic (exact) mass is 493 g/mol. The van der Waals surface area contributed by atoms with E-state index in [0.29, 0.717) is 24.6 Å². The molecule has 2 saturated heterocycles. The minimum absolute atomic E-state index is 0.175. The van der Waals surface area contributed by atoms with Crippen LogP contribution in [0.1, 0.15) is 41.5 Å². The quantitative estimate of drug-likeness (QED) is 0.633. The molecule has 1 aromatic rings. The molecule has 0 unspecified atom stereocenters. The second-order valence-electron chi connectivity index (χ2n) is 10.4. The lowest BCUT2D eigenvalue weighted by molar-refractivity contribution is -0.0572. The number of hydrogen-bond acceptors (Lipinski definition) is 9. The molecule has 0 radical (unpaired) electrons. The Bertz CT molecular complexity index is 888. The van der Waals surface area contributed by atoms with Gasteiger partial charge in [0.25, 0.3) is 0 Å². The van der Waals surface area contributed by atoms with E-state index in [1.807, 2.05) is 4.90 Å². The molecule has 3 heterocycles. The fraction of sp³-hybridized carbons (Fsp3) is 0.652. The van der Waals surface area contributed by atoms with Crippen molar-refractivity contribution in [2.45, 2.75) is 58.8 Å². The number of aliphatic hydroxyl groups excluding tert-OH is 1. The molecule has 0 aromatic carbocycles. The van der Waals surface area contributed by atoms with Gasteiger partial charge in [0.05, 0.1) is 38.1 Å². The molecular formula is C23H35N5O7.